The minimum absolute atomic E-state index is 0.0541. The molecular weight excluding hydrogens is 633 g/mol. The van der Waals surface area contributed by atoms with Gasteiger partial charge >= 0.3 is 5.97 Å². The minimum Gasteiger partial charge on any atom is -0.481 e. The van der Waals surface area contributed by atoms with Gasteiger partial charge in [0.25, 0.3) is 0 Å². The predicted molar refractivity (Wildman–Crippen MR) is 208 cm³/mol. The van der Waals surface area contributed by atoms with E-state index in [2.05, 4.69) is 48.5 Å². The smallest absolute Gasteiger partial charge is 0.309 e. The highest BCUT2D eigenvalue weighted by Crippen LogP contribution is 2.75. The molecule has 2 N–H and O–H groups in total. The van der Waals surface area contributed by atoms with Gasteiger partial charge in [-0.05, 0) is 104 Å². The number of carbonyl (C=O) groups is 2. The van der Waals surface area contributed by atoms with Gasteiger partial charge in [-0.2, -0.15) is 0 Å². The van der Waals surface area contributed by atoms with Crippen LogP contribution in [0.15, 0.2) is 11.6 Å². The van der Waals surface area contributed by atoms with Crippen molar-refractivity contribution in [2.45, 2.75) is 209 Å². The molecule has 0 radical (unpaired) electrons. The van der Waals surface area contributed by atoms with Crippen molar-refractivity contribution in [1.82, 2.24) is 0 Å². The summed E-state index contributed by atoms with van der Waals surface area (Å²) >= 11 is 0. The second-order valence-electron chi connectivity index (χ2n) is 20.5. The van der Waals surface area contributed by atoms with Gasteiger partial charge in [0, 0.05) is 17.8 Å². The first-order chi connectivity index (χ1) is 23.9. The van der Waals surface area contributed by atoms with Crippen LogP contribution in [0.25, 0.3) is 0 Å². The number of hydrogen-bond acceptors (Lipinski definition) is 4. The fourth-order valence-corrected chi connectivity index (χ4v) is 13.1. The zero-order valence-corrected chi connectivity index (χ0v) is 34.4. The Morgan fingerprint density at radius 2 is 1.29 bits per heavy atom. The molecule has 0 saturated heterocycles. The van der Waals surface area contributed by atoms with Crippen LogP contribution in [0.5, 0.6) is 0 Å². The van der Waals surface area contributed by atoms with Crippen LogP contribution >= 0.6 is 0 Å². The van der Waals surface area contributed by atoms with Gasteiger partial charge in [-0.25, -0.2) is 0 Å². The quantitative estimate of drug-likeness (QED) is 0.116. The second-order valence-corrected chi connectivity index (χ2v) is 20.5. The van der Waals surface area contributed by atoms with E-state index in [0.29, 0.717) is 25.9 Å². The van der Waals surface area contributed by atoms with Crippen molar-refractivity contribution in [3.63, 3.8) is 0 Å². The summed E-state index contributed by atoms with van der Waals surface area (Å²) < 4.78 is 6.50. The number of allylic oxidation sites excluding steroid dienone is 2. The molecule has 5 heteroatoms. The van der Waals surface area contributed by atoms with Crippen LogP contribution in [0, 0.1) is 50.2 Å². The molecule has 5 nitrogen and oxygen atoms in total. The Balaban J connectivity index is 1.17. The van der Waals surface area contributed by atoms with E-state index in [-0.39, 0.29) is 45.2 Å². The first-order valence-corrected chi connectivity index (χ1v) is 21.8. The van der Waals surface area contributed by atoms with Gasteiger partial charge in [-0.1, -0.05) is 138 Å². The van der Waals surface area contributed by atoms with E-state index in [1.54, 1.807) is 0 Å². The third-order valence-corrected chi connectivity index (χ3v) is 17.1. The molecule has 0 aromatic heterocycles. The van der Waals surface area contributed by atoms with Crippen molar-refractivity contribution < 1.29 is 24.5 Å². The van der Waals surface area contributed by atoms with E-state index in [4.69, 9.17) is 4.74 Å². The molecule has 51 heavy (non-hydrogen) atoms. The van der Waals surface area contributed by atoms with E-state index in [1.165, 1.54) is 82.6 Å². The molecule has 4 saturated carbocycles. The van der Waals surface area contributed by atoms with E-state index in [9.17, 15) is 19.8 Å². The van der Waals surface area contributed by atoms with E-state index >= 15 is 0 Å². The average Bonchev–Trinajstić information content (AvgIpc) is 3.06. The van der Waals surface area contributed by atoms with Gasteiger partial charge in [-0.15, -0.1) is 0 Å². The number of carboxylic acid groups (broad SMARTS) is 1. The van der Waals surface area contributed by atoms with Crippen LogP contribution in [0.4, 0.5) is 0 Å². The van der Waals surface area contributed by atoms with Crippen LogP contribution in [-0.4, -0.2) is 34.4 Å². The van der Waals surface area contributed by atoms with Crippen LogP contribution in [0.3, 0.4) is 0 Å². The fourth-order valence-electron chi connectivity index (χ4n) is 13.1. The molecule has 5 aliphatic rings. The van der Waals surface area contributed by atoms with Gasteiger partial charge in [0.2, 0.25) is 0 Å². The Bertz CT molecular complexity index is 1270. The lowest BCUT2D eigenvalue weighted by Crippen LogP contribution is -2.69. The van der Waals surface area contributed by atoms with Crippen LogP contribution < -0.4 is 0 Å². The largest absolute Gasteiger partial charge is 0.481 e. The maximum Gasteiger partial charge on any atom is 0.309 e. The van der Waals surface area contributed by atoms with Gasteiger partial charge in [-0.3, -0.25) is 9.59 Å². The van der Waals surface area contributed by atoms with Crippen molar-refractivity contribution >= 4 is 11.8 Å². The Morgan fingerprint density at radius 3 is 1.86 bits per heavy atom. The third-order valence-electron chi connectivity index (χ3n) is 17.1. The third kappa shape index (κ3) is 7.32. The summed E-state index contributed by atoms with van der Waals surface area (Å²) in [6.07, 6.45) is 28.3. The zero-order valence-electron chi connectivity index (χ0n) is 34.4. The number of aliphatic carboxylic acids is 1. The summed E-state index contributed by atoms with van der Waals surface area (Å²) in [7, 11) is 0. The summed E-state index contributed by atoms with van der Waals surface area (Å²) in [5.74, 6) is -1.41. The van der Waals surface area contributed by atoms with Crippen molar-refractivity contribution in [2.75, 3.05) is 6.61 Å². The SMILES string of the molecule is CCCCCCCCCCCCCCCCO[C@]1(O)CC[C@@]2(C)C(CC[C@]3(C)[C@@H]2C(=O)C=C2[C@H]4C[C@@](C)(C(=O)O)CC[C@]4(C)CC[C@]23C)C1(C)C. The highest BCUT2D eigenvalue weighted by atomic mass is 16.6. The lowest BCUT2D eigenvalue weighted by molar-refractivity contribution is -0.328. The molecule has 0 spiro atoms. The van der Waals surface area contributed by atoms with Gasteiger partial charge < -0.3 is 14.9 Å². The molecule has 0 aliphatic heterocycles. The van der Waals surface area contributed by atoms with Crippen LogP contribution in [-0.2, 0) is 14.3 Å². The van der Waals surface area contributed by atoms with Gasteiger partial charge in [0.15, 0.2) is 11.6 Å². The van der Waals surface area contributed by atoms with Crippen LogP contribution in [0.1, 0.15) is 203 Å². The molecule has 5 rings (SSSR count). The molecule has 0 bridgehead atoms. The molecule has 1 unspecified atom stereocenters. The number of carboxylic acids is 1. The highest BCUT2D eigenvalue weighted by molar-refractivity contribution is 5.95. The molecule has 0 aromatic rings. The number of carbonyl (C=O) groups excluding carboxylic acids is 1. The molecule has 5 aliphatic carbocycles. The van der Waals surface area contributed by atoms with Gasteiger partial charge in [0.05, 0.1) is 12.0 Å². The first-order valence-electron chi connectivity index (χ1n) is 21.8. The molecule has 4 fully saturated rings. The number of hydrogen-bond donors (Lipinski definition) is 2. The Morgan fingerprint density at radius 1 is 0.745 bits per heavy atom. The molecule has 0 aromatic carbocycles. The monoisotopic (exact) mass is 711 g/mol. The Hall–Kier alpha value is -1.20. The van der Waals surface area contributed by atoms with Crippen molar-refractivity contribution in [2.24, 2.45) is 50.2 Å². The standard InChI is InChI=1S/C46H78O5/c1-9-10-11-12-13-14-15-16-17-18-19-20-21-22-31-51-46(50)30-28-43(6)37(40(46,2)3)23-24-45(8)38(43)36(47)32-34-35-33-42(5,39(48)49)26-25-41(35,4)27-29-44(34,45)7/h32,35,37-38,50H,9-31,33H2,1-8H3,(H,48,49)/t35-,37?,38-,41-,42+,43+,44-,45-,46-/m1/s1. The second kappa shape index (κ2) is 15.5. The number of ketones is 1. The molecule has 0 heterocycles. The van der Waals surface area contributed by atoms with Crippen molar-refractivity contribution in [1.29, 1.82) is 0 Å². The number of ether oxygens (including phenoxy) is 1. The number of fused-ring (bicyclic) bond motifs is 7. The molecule has 292 valence electrons. The van der Waals surface area contributed by atoms with Crippen LogP contribution in [0.2, 0.25) is 0 Å². The van der Waals surface area contributed by atoms with E-state index < -0.39 is 22.6 Å². The fraction of sp³-hybridized carbons (Fsp3) is 0.913. The topological polar surface area (TPSA) is 83.8 Å². The van der Waals surface area contributed by atoms with Crippen molar-refractivity contribution in [3.05, 3.63) is 11.6 Å². The van der Waals surface area contributed by atoms with Crippen molar-refractivity contribution in [3.8, 4) is 0 Å². The molecule has 0 amide bonds. The zero-order chi connectivity index (χ0) is 37.3. The highest BCUT2D eigenvalue weighted by Gasteiger charge is 2.72. The lowest BCUT2D eigenvalue weighted by Gasteiger charge is -2.71. The summed E-state index contributed by atoms with van der Waals surface area (Å²) in [5.41, 5.74) is -0.456. The summed E-state index contributed by atoms with van der Waals surface area (Å²) in [6.45, 7) is 18.8. The first kappa shape index (κ1) is 41.0. The maximum absolute atomic E-state index is 14.7. The number of aliphatic hydroxyl groups is 1. The molecular formula is C46H78O5. The normalized spacial score (nSPS) is 41.5. The van der Waals surface area contributed by atoms with Gasteiger partial charge in [0.1, 0.15) is 0 Å². The summed E-state index contributed by atoms with van der Waals surface area (Å²) in [5, 5.41) is 22.4. The van der Waals surface area contributed by atoms with E-state index in [0.717, 1.165) is 51.4 Å². The maximum atomic E-state index is 14.7. The predicted octanol–water partition coefficient (Wildman–Crippen LogP) is 12.2. The molecule has 9 atom stereocenters. The lowest BCUT2D eigenvalue weighted by atomic mass is 9.33. The van der Waals surface area contributed by atoms with E-state index in [1.807, 2.05) is 13.0 Å². The average molecular weight is 711 g/mol. The minimum atomic E-state index is -1.18. The number of rotatable bonds is 17. The number of unbranched alkanes of at least 4 members (excludes halogenated alkanes) is 13. The Labute approximate surface area is 312 Å². The summed E-state index contributed by atoms with van der Waals surface area (Å²) in [4.78, 5) is 27.1. The Kier molecular flexibility index (Phi) is 12.5. The summed E-state index contributed by atoms with van der Waals surface area (Å²) in [6, 6.07) is 0.